The number of benzene rings is 1. The fraction of sp³-hybridized carbons (Fsp3) is 0.556. The van der Waals surface area contributed by atoms with E-state index in [2.05, 4.69) is 16.0 Å². The van der Waals surface area contributed by atoms with Crippen LogP contribution in [0.5, 0.6) is 0 Å². The zero-order valence-electron chi connectivity index (χ0n) is 14.1. The van der Waals surface area contributed by atoms with E-state index in [1.165, 1.54) is 13.0 Å². The van der Waals surface area contributed by atoms with Crippen molar-refractivity contribution >= 4 is 17.5 Å². The molecule has 24 heavy (non-hydrogen) atoms. The Hall–Kier alpha value is -2.11. The number of hydrogen-bond donors (Lipinski definition) is 3. The van der Waals surface area contributed by atoms with E-state index in [1.54, 1.807) is 6.07 Å². The molecule has 0 bridgehead atoms. The molecule has 1 aliphatic heterocycles. The van der Waals surface area contributed by atoms with E-state index in [9.17, 15) is 14.0 Å². The van der Waals surface area contributed by atoms with E-state index >= 15 is 0 Å². The molecule has 1 aromatic carbocycles. The van der Waals surface area contributed by atoms with Gasteiger partial charge in [0.05, 0.1) is 0 Å². The highest BCUT2D eigenvalue weighted by Crippen LogP contribution is 2.31. The molecule has 1 saturated carbocycles. The third-order valence-electron chi connectivity index (χ3n) is 4.99. The summed E-state index contributed by atoms with van der Waals surface area (Å²) < 4.78 is 13.9. The summed E-state index contributed by atoms with van der Waals surface area (Å²) in [7, 11) is 0. The Morgan fingerprint density at radius 1 is 1.12 bits per heavy atom. The van der Waals surface area contributed by atoms with E-state index in [0.717, 1.165) is 36.9 Å². The number of nitrogens with one attached hydrogen (secondary N) is 3. The molecule has 2 aliphatic rings. The number of rotatable bonds is 3. The number of amides is 2. The summed E-state index contributed by atoms with van der Waals surface area (Å²) in [5.41, 5.74) is 2.31. The standard InChI is InChI=1S/C18H24FN3O2/c1-10-3-8-15(19)14-9-16(22-17(10)14)18(24)21-13-6-4-12(5-7-13)20-11(2)23/h3,8,12-13,16,22H,4-7,9H2,1-2H3,(H,20,23)(H,21,24)/t12-,13-,16?. The number of fused-ring (bicyclic) bond motifs is 1. The first-order valence-corrected chi connectivity index (χ1v) is 8.56. The molecule has 1 aromatic rings. The zero-order valence-corrected chi connectivity index (χ0v) is 14.1. The van der Waals surface area contributed by atoms with Crippen LogP contribution >= 0.6 is 0 Å². The molecule has 6 heteroatoms. The van der Waals surface area contributed by atoms with Crippen LogP contribution in [0.3, 0.4) is 0 Å². The average Bonchev–Trinajstić information content (AvgIpc) is 2.99. The van der Waals surface area contributed by atoms with Crippen molar-refractivity contribution in [2.45, 2.75) is 64.1 Å². The van der Waals surface area contributed by atoms with Gasteiger partial charge in [0.2, 0.25) is 11.8 Å². The number of anilines is 1. The monoisotopic (exact) mass is 333 g/mol. The lowest BCUT2D eigenvalue weighted by atomic mass is 9.91. The Labute approximate surface area is 141 Å². The fourth-order valence-corrected chi connectivity index (χ4v) is 3.70. The van der Waals surface area contributed by atoms with Gasteiger partial charge in [0.25, 0.3) is 0 Å². The summed E-state index contributed by atoms with van der Waals surface area (Å²) in [6, 6.07) is 3.10. The number of halogens is 1. The fourth-order valence-electron chi connectivity index (χ4n) is 3.70. The third-order valence-corrected chi connectivity index (χ3v) is 4.99. The molecule has 0 aromatic heterocycles. The lowest BCUT2D eigenvalue weighted by Crippen LogP contribution is -2.47. The van der Waals surface area contributed by atoms with Gasteiger partial charge in [-0.1, -0.05) is 6.07 Å². The van der Waals surface area contributed by atoms with Crippen molar-refractivity contribution in [1.29, 1.82) is 0 Å². The van der Waals surface area contributed by atoms with E-state index < -0.39 is 6.04 Å². The van der Waals surface area contributed by atoms with Crippen molar-refractivity contribution in [2.75, 3.05) is 5.32 Å². The largest absolute Gasteiger partial charge is 0.373 e. The van der Waals surface area contributed by atoms with Gasteiger partial charge in [-0.05, 0) is 44.2 Å². The van der Waals surface area contributed by atoms with Crippen molar-refractivity contribution in [3.63, 3.8) is 0 Å². The van der Waals surface area contributed by atoms with Crippen molar-refractivity contribution in [3.05, 3.63) is 29.1 Å². The molecule has 1 fully saturated rings. The Balaban J connectivity index is 1.53. The van der Waals surface area contributed by atoms with Crippen molar-refractivity contribution in [1.82, 2.24) is 10.6 Å². The van der Waals surface area contributed by atoms with Gasteiger partial charge in [0, 0.05) is 36.7 Å². The minimum Gasteiger partial charge on any atom is -0.373 e. The molecule has 3 N–H and O–H groups in total. The highest BCUT2D eigenvalue weighted by molar-refractivity contribution is 5.88. The van der Waals surface area contributed by atoms with Gasteiger partial charge in [-0.3, -0.25) is 9.59 Å². The topological polar surface area (TPSA) is 70.2 Å². The zero-order chi connectivity index (χ0) is 17.3. The lowest BCUT2D eigenvalue weighted by Gasteiger charge is -2.30. The van der Waals surface area contributed by atoms with E-state index in [-0.39, 0.29) is 29.7 Å². The molecule has 130 valence electrons. The second kappa shape index (κ2) is 6.79. The Kier molecular flexibility index (Phi) is 4.73. The molecule has 2 amide bonds. The van der Waals surface area contributed by atoms with Crippen LogP contribution in [0.1, 0.15) is 43.7 Å². The van der Waals surface area contributed by atoms with E-state index in [1.807, 2.05) is 6.92 Å². The van der Waals surface area contributed by atoms with Crippen LogP contribution in [0.2, 0.25) is 0 Å². The maximum atomic E-state index is 13.9. The third kappa shape index (κ3) is 3.52. The average molecular weight is 333 g/mol. The van der Waals surface area contributed by atoms with Crippen molar-refractivity contribution in [2.24, 2.45) is 0 Å². The summed E-state index contributed by atoms with van der Waals surface area (Å²) in [5.74, 6) is -0.338. The van der Waals surface area contributed by atoms with Gasteiger partial charge in [-0.2, -0.15) is 0 Å². The first kappa shape index (κ1) is 16.7. The molecular weight excluding hydrogens is 309 g/mol. The van der Waals surface area contributed by atoms with Crippen molar-refractivity contribution < 1.29 is 14.0 Å². The Bertz CT molecular complexity index is 623. The molecule has 1 atom stereocenters. The normalized spacial score (nSPS) is 25.5. The molecule has 0 spiro atoms. The SMILES string of the molecule is CC(=O)N[C@H]1CC[C@H](NC(=O)C2Cc3c(F)ccc(C)c3N2)CC1. The van der Waals surface area contributed by atoms with Gasteiger partial charge in [-0.15, -0.1) is 0 Å². The van der Waals surface area contributed by atoms with Gasteiger partial charge in [0.15, 0.2) is 0 Å². The summed E-state index contributed by atoms with van der Waals surface area (Å²) in [6.45, 7) is 3.44. The van der Waals surface area contributed by atoms with Gasteiger partial charge in [0.1, 0.15) is 11.9 Å². The maximum Gasteiger partial charge on any atom is 0.243 e. The van der Waals surface area contributed by atoms with Crippen LogP contribution in [0.25, 0.3) is 0 Å². The Morgan fingerprint density at radius 2 is 1.75 bits per heavy atom. The van der Waals surface area contributed by atoms with Gasteiger partial charge < -0.3 is 16.0 Å². The van der Waals surface area contributed by atoms with Crippen LogP contribution in [-0.2, 0) is 16.0 Å². The second-order valence-corrected chi connectivity index (χ2v) is 6.88. The summed E-state index contributed by atoms with van der Waals surface area (Å²) >= 11 is 0. The van der Waals surface area contributed by atoms with Gasteiger partial charge in [-0.25, -0.2) is 4.39 Å². The van der Waals surface area contributed by atoms with Crippen LogP contribution in [0, 0.1) is 12.7 Å². The number of hydrogen-bond acceptors (Lipinski definition) is 3. The number of carbonyl (C=O) groups excluding carboxylic acids is 2. The quantitative estimate of drug-likeness (QED) is 0.793. The maximum absolute atomic E-state index is 13.9. The first-order valence-electron chi connectivity index (χ1n) is 8.56. The lowest BCUT2D eigenvalue weighted by molar-refractivity contribution is -0.123. The minimum atomic E-state index is -0.413. The Morgan fingerprint density at radius 3 is 2.33 bits per heavy atom. The van der Waals surface area contributed by atoms with Crippen LogP contribution in [0.4, 0.5) is 10.1 Å². The second-order valence-electron chi connectivity index (χ2n) is 6.88. The van der Waals surface area contributed by atoms with Crippen LogP contribution < -0.4 is 16.0 Å². The van der Waals surface area contributed by atoms with Crippen LogP contribution in [0.15, 0.2) is 12.1 Å². The molecule has 1 heterocycles. The molecule has 3 rings (SSSR count). The van der Waals surface area contributed by atoms with E-state index in [4.69, 9.17) is 0 Å². The van der Waals surface area contributed by atoms with Gasteiger partial charge >= 0.3 is 0 Å². The van der Waals surface area contributed by atoms with Crippen LogP contribution in [-0.4, -0.2) is 29.9 Å². The molecule has 1 unspecified atom stereocenters. The number of carbonyl (C=O) groups is 2. The van der Waals surface area contributed by atoms with E-state index in [0.29, 0.717) is 12.0 Å². The molecular formula is C18H24FN3O2. The summed E-state index contributed by atoms with van der Waals surface area (Å²) in [6.07, 6.45) is 3.83. The number of aryl methyl sites for hydroxylation is 1. The smallest absolute Gasteiger partial charge is 0.243 e. The van der Waals surface area contributed by atoms with Crippen molar-refractivity contribution in [3.8, 4) is 0 Å². The predicted molar refractivity (Wildman–Crippen MR) is 90.3 cm³/mol. The molecule has 0 saturated heterocycles. The molecule has 1 aliphatic carbocycles. The summed E-state index contributed by atoms with van der Waals surface area (Å²) in [5, 5.41) is 9.16. The molecule has 0 radical (unpaired) electrons. The highest BCUT2D eigenvalue weighted by atomic mass is 19.1. The first-order chi connectivity index (χ1) is 11.4. The predicted octanol–water partition coefficient (Wildman–Crippen LogP) is 2.03. The minimum absolute atomic E-state index is 0.00666. The summed E-state index contributed by atoms with van der Waals surface area (Å²) in [4.78, 5) is 23.6. The molecule has 5 nitrogen and oxygen atoms in total. The highest BCUT2D eigenvalue weighted by Gasteiger charge is 2.32.